The van der Waals surface area contributed by atoms with E-state index in [1.165, 1.54) is 4.57 Å². The summed E-state index contributed by atoms with van der Waals surface area (Å²) in [4.78, 5) is 34.6. The first-order valence-electron chi connectivity index (χ1n) is 15.8. The molecule has 1 fully saturated rings. The van der Waals surface area contributed by atoms with Gasteiger partial charge in [0.1, 0.15) is 5.65 Å². The van der Waals surface area contributed by atoms with Crippen LogP contribution >= 0.6 is 11.6 Å². The van der Waals surface area contributed by atoms with Gasteiger partial charge in [0.15, 0.2) is 5.82 Å². The molecule has 1 saturated heterocycles. The van der Waals surface area contributed by atoms with Crippen LogP contribution in [0, 0.1) is 5.82 Å². The molecule has 0 aliphatic carbocycles. The number of aryl methyl sites for hydroxylation is 1. The Morgan fingerprint density at radius 3 is 2.72 bits per heavy atom. The maximum atomic E-state index is 15.2. The second-order valence-corrected chi connectivity index (χ2v) is 12.7. The summed E-state index contributed by atoms with van der Waals surface area (Å²) in [6.45, 7) is 3.41. The maximum absolute atomic E-state index is 15.2. The summed E-state index contributed by atoms with van der Waals surface area (Å²) in [7, 11) is 0. The van der Waals surface area contributed by atoms with Crippen LogP contribution in [0.25, 0.3) is 28.0 Å². The van der Waals surface area contributed by atoms with Crippen molar-refractivity contribution in [1.29, 1.82) is 0 Å². The van der Waals surface area contributed by atoms with E-state index in [4.69, 9.17) is 17.3 Å². The normalized spacial score (nSPS) is 17.4. The van der Waals surface area contributed by atoms with Gasteiger partial charge in [-0.3, -0.25) is 9.36 Å². The van der Waals surface area contributed by atoms with E-state index in [1.54, 1.807) is 36.7 Å². The predicted octanol–water partition coefficient (Wildman–Crippen LogP) is 5.50. The van der Waals surface area contributed by atoms with Crippen LogP contribution in [0.3, 0.4) is 0 Å². The lowest BCUT2D eigenvalue weighted by atomic mass is 9.93. The molecule has 0 amide bonds. The zero-order valence-corrected chi connectivity index (χ0v) is 26.5. The van der Waals surface area contributed by atoms with E-state index in [2.05, 4.69) is 25.6 Å². The molecule has 4 heterocycles. The van der Waals surface area contributed by atoms with Crippen molar-refractivity contribution in [3.05, 3.63) is 115 Å². The molecular formula is C35H39ClFN7O2. The number of pyridine rings is 1. The van der Waals surface area contributed by atoms with Crippen molar-refractivity contribution in [2.75, 3.05) is 6.54 Å². The minimum Gasteiger partial charge on any atom is -0.339 e. The van der Waals surface area contributed by atoms with Crippen molar-refractivity contribution in [3.63, 3.8) is 0 Å². The second kappa shape index (κ2) is 14.1. The topological polar surface area (TPSA) is 134 Å². The van der Waals surface area contributed by atoms with Crippen LogP contribution in [0.2, 0.25) is 5.02 Å². The summed E-state index contributed by atoms with van der Waals surface area (Å²) < 4.78 is 16.7. The van der Waals surface area contributed by atoms with Gasteiger partial charge < -0.3 is 26.3 Å². The number of hydrogen-bond acceptors (Lipinski definition) is 6. The van der Waals surface area contributed by atoms with Crippen molar-refractivity contribution in [2.24, 2.45) is 5.73 Å². The molecule has 6 rings (SSSR count). The fourth-order valence-electron chi connectivity index (χ4n) is 6.24. The Labute approximate surface area is 271 Å². The first-order valence-corrected chi connectivity index (χ1v) is 16.2. The number of nitrogens with two attached hydrogens (primary N) is 1. The largest absolute Gasteiger partial charge is 0.354 e. The van der Waals surface area contributed by atoms with E-state index in [9.17, 15) is 9.59 Å². The quantitative estimate of drug-likeness (QED) is 0.129. The first-order chi connectivity index (χ1) is 22.2. The third-order valence-corrected chi connectivity index (χ3v) is 8.90. The Bertz CT molecular complexity index is 1930. The zero-order valence-electron chi connectivity index (χ0n) is 25.8. The average molecular weight is 644 g/mol. The third-order valence-electron chi connectivity index (χ3n) is 8.63. The molecule has 240 valence electrons. The van der Waals surface area contributed by atoms with Gasteiger partial charge in [-0.1, -0.05) is 23.7 Å². The zero-order chi connectivity index (χ0) is 32.2. The third kappa shape index (κ3) is 7.47. The number of piperidine rings is 1. The van der Waals surface area contributed by atoms with Gasteiger partial charge in [-0.25, -0.2) is 9.18 Å². The molecule has 0 unspecified atom stereocenters. The Morgan fingerprint density at radius 2 is 1.93 bits per heavy atom. The number of halogens is 2. The molecule has 0 saturated carbocycles. The highest BCUT2D eigenvalue weighted by Gasteiger charge is 2.22. The minimum atomic E-state index is -0.517. The minimum absolute atomic E-state index is 0.0552. The van der Waals surface area contributed by atoms with Gasteiger partial charge in [0.25, 0.3) is 0 Å². The SMILES string of the molecule is C[C@H](N)CCCc1cc(Cl)c(F)c(-c2cc3cn(-c4ccc([C@@H]5CCC[C@@H](CNCc6cc[nH]c(=O)c6)N5)cc4)c(=O)nc3[nH]2)c1. The van der Waals surface area contributed by atoms with Gasteiger partial charge in [0.05, 0.1) is 16.4 Å². The standard InChI is InChI=1S/C35H39ClFN7O2/c1-21(38)4-2-5-22-14-28(33(37)29(36)15-22)31-17-25-20-44(35(46)43-34(25)42-31)27-10-8-24(9-11-27)30-7-3-6-26(41-30)19-39-18-23-12-13-40-32(45)16-23/h8-17,20-21,26,30,39,41H,2-7,18-19,38H2,1H3,(H,40,45)(H,42,43,46)/t21-,26-,30-/m0/s1. The highest BCUT2D eigenvalue weighted by molar-refractivity contribution is 6.31. The Hall–Kier alpha value is -4.09. The number of fused-ring (bicyclic) bond motifs is 1. The summed E-state index contributed by atoms with van der Waals surface area (Å²) in [5, 5.41) is 7.94. The fraction of sp³-hybridized carbons (Fsp3) is 0.343. The molecule has 6 N–H and O–H groups in total. The molecule has 3 aromatic heterocycles. The smallest absolute Gasteiger partial charge is 0.339 e. The first kappa shape index (κ1) is 31.9. The highest BCUT2D eigenvalue weighted by Crippen LogP contribution is 2.32. The molecule has 1 aliphatic heterocycles. The van der Waals surface area contributed by atoms with Gasteiger partial charge >= 0.3 is 5.69 Å². The van der Waals surface area contributed by atoms with Crippen LogP contribution < -0.4 is 27.6 Å². The van der Waals surface area contributed by atoms with Gasteiger partial charge in [-0.05, 0) is 98.5 Å². The lowest BCUT2D eigenvalue weighted by Gasteiger charge is -2.31. The van der Waals surface area contributed by atoms with E-state index in [1.807, 2.05) is 37.3 Å². The molecule has 11 heteroatoms. The van der Waals surface area contributed by atoms with Crippen LogP contribution in [-0.4, -0.2) is 38.1 Å². The molecule has 46 heavy (non-hydrogen) atoms. The number of H-pyrrole nitrogens is 2. The lowest BCUT2D eigenvalue weighted by Crippen LogP contribution is -2.43. The fourth-order valence-corrected chi connectivity index (χ4v) is 6.48. The van der Waals surface area contributed by atoms with Crippen LogP contribution in [-0.2, 0) is 13.0 Å². The summed E-state index contributed by atoms with van der Waals surface area (Å²) in [5.74, 6) is -0.517. The Morgan fingerprint density at radius 1 is 1.11 bits per heavy atom. The molecule has 3 atom stereocenters. The van der Waals surface area contributed by atoms with E-state index < -0.39 is 11.5 Å². The van der Waals surface area contributed by atoms with Crippen LogP contribution in [0.1, 0.15) is 61.8 Å². The monoisotopic (exact) mass is 643 g/mol. The molecule has 5 aromatic rings. The highest BCUT2D eigenvalue weighted by atomic mass is 35.5. The van der Waals surface area contributed by atoms with E-state index in [0.717, 1.165) is 61.8 Å². The summed E-state index contributed by atoms with van der Waals surface area (Å²) in [5.41, 5.74) is 10.3. The van der Waals surface area contributed by atoms with Crippen molar-refractivity contribution in [2.45, 2.75) is 70.1 Å². The summed E-state index contributed by atoms with van der Waals surface area (Å²) in [6.07, 6.45) is 9.07. The molecule has 2 aromatic carbocycles. The number of aromatic nitrogens is 4. The summed E-state index contributed by atoms with van der Waals surface area (Å²) in [6, 6.07) is 17.3. The predicted molar refractivity (Wildman–Crippen MR) is 181 cm³/mol. The van der Waals surface area contributed by atoms with Crippen molar-refractivity contribution >= 4 is 22.6 Å². The molecular weight excluding hydrogens is 605 g/mol. The van der Waals surface area contributed by atoms with Crippen LogP contribution in [0.5, 0.6) is 0 Å². The number of nitrogens with one attached hydrogen (secondary N) is 4. The van der Waals surface area contributed by atoms with Gasteiger partial charge in [0.2, 0.25) is 5.56 Å². The molecule has 0 bridgehead atoms. The van der Waals surface area contributed by atoms with E-state index in [0.29, 0.717) is 40.6 Å². The lowest BCUT2D eigenvalue weighted by molar-refractivity contribution is 0.315. The number of aromatic amines is 2. The van der Waals surface area contributed by atoms with Gasteiger partial charge in [-0.15, -0.1) is 0 Å². The molecule has 0 radical (unpaired) electrons. The average Bonchev–Trinajstić information content (AvgIpc) is 3.45. The molecule has 0 spiro atoms. The number of rotatable bonds is 11. The van der Waals surface area contributed by atoms with Gasteiger partial charge in [-0.2, -0.15) is 4.98 Å². The second-order valence-electron chi connectivity index (χ2n) is 12.3. The van der Waals surface area contributed by atoms with Crippen LogP contribution in [0.15, 0.2) is 76.6 Å². The number of benzene rings is 2. The van der Waals surface area contributed by atoms with E-state index in [-0.39, 0.29) is 22.7 Å². The molecule has 1 aliphatic rings. The number of nitrogens with zero attached hydrogens (tertiary/aromatic N) is 2. The maximum Gasteiger partial charge on any atom is 0.354 e. The molecule has 9 nitrogen and oxygen atoms in total. The van der Waals surface area contributed by atoms with Crippen LogP contribution in [0.4, 0.5) is 4.39 Å². The Kier molecular flexibility index (Phi) is 9.79. The van der Waals surface area contributed by atoms with Crippen molar-refractivity contribution in [3.8, 4) is 16.9 Å². The summed E-state index contributed by atoms with van der Waals surface area (Å²) >= 11 is 6.27. The van der Waals surface area contributed by atoms with E-state index >= 15 is 4.39 Å². The Balaban J connectivity index is 1.15. The van der Waals surface area contributed by atoms with Crippen molar-refractivity contribution in [1.82, 2.24) is 30.2 Å². The van der Waals surface area contributed by atoms with Gasteiger partial charge in [0, 0.05) is 60.6 Å². The number of hydrogen-bond donors (Lipinski definition) is 5. The van der Waals surface area contributed by atoms with Crippen molar-refractivity contribution < 1.29 is 4.39 Å².